The molecule has 2 N–H and O–H groups in total. The molecule has 0 saturated carbocycles. The molecule has 0 aromatic heterocycles. The van der Waals surface area contributed by atoms with Gasteiger partial charge in [0, 0.05) is 12.7 Å². The van der Waals surface area contributed by atoms with Crippen LogP contribution in [-0.2, 0) is 9.53 Å². The average molecular weight is 214 g/mol. The van der Waals surface area contributed by atoms with E-state index in [1.165, 1.54) is 0 Å². The molecule has 0 aromatic carbocycles. The molecule has 15 heavy (non-hydrogen) atoms. The summed E-state index contributed by atoms with van der Waals surface area (Å²) in [5, 5.41) is 5.06. The molecule has 0 atom stereocenters. The van der Waals surface area contributed by atoms with Crippen LogP contribution in [0.2, 0.25) is 0 Å². The Morgan fingerprint density at radius 2 is 2.00 bits per heavy atom. The minimum Gasteiger partial charge on any atom is -0.466 e. The quantitative estimate of drug-likeness (QED) is 0.675. The zero-order valence-electron chi connectivity index (χ0n) is 9.42. The Morgan fingerprint density at radius 1 is 1.33 bits per heavy atom. The van der Waals surface area contributed by atoms with Gasteiger partial charge in [0.2, 0.25) is 0 Å². The minimum atomic E-state index is -0.319. The van der Waals surface area contributed by atoms with E-state index >= 15 is 0 Å². The highest BCUT2D eigenvalue weighted by molar-refractivity contribution is 5.76. The van der Waals surface area contributed by atoms with E-state index in [-0.39, 0.29) is 25.0 Å². The highest BCUT2D eigenvalue weighted by atomic mass is 16.5. The summed E-state index contributed by atoms with van der Waals surface area (Å²) in [4.78, 5) is 22.0. The monoisotopic (exact) mass is 214 g/mol. The molecule has 0 heterocycles. The number of carbonyl (C=O) groups is 2. The van der Waals surface area contributed by atoms with Gasteiger partial charge in [-0.3, -0.25) is 4.79 Å². The fraction of sp³-hybridized carbons (Fsp3) is 0.600. The van der Waals surface area contributed by atoms with Crippen LogP contribution in [0, 0.1) is 0 Å². The SMILES string of the molecule is CCOC(=O)CCNC(=O)NC=C(C)C. The van der Waals surface area contributed by atoms with Gasteiger partial charge in [-0.2, -0.15) is 0 Å². The van der Waals surface area contributed by atoms with Crippen LogP contribution in [-0.4, -0.2) is 25.2 Å². The van der Waals surface area contributed by atoms with Crippen molar-refractivity contribution in [2.45, 2.75) is 27.2 Å². The molecule has 0 fully saturated rings. The molecule has 0 saturated heterocycles. The minimum absolute atomic E-state index is 0.191. The fourth-order valence-electron chi connectivity index (χ4n) is 0.772. The number of esters is 1. The highest BCUT2D eigenvalue weighted by Crippen LogP contribution is 1.85. The summed E-state index contributed by atoms with van der Waals surface area (Å²) < 4.78 is 4.70. The van der Waals surface area contributed by atoms with Crippen molar-refractivity contribution in [2.75, 3.05) is 13.2 Å². The second-order valence-electron chi connectivity index (χ2n) is 3.18. The zero-order chi connectivity index (χ0) is 11.7. The summed E-state index contributed by atoms with van der Waals surface area (Å²) in [5.41, 5.74) is 0.996. The van der Waals surface area contributed by atoms with Gasteiger partial charge in [-0.15, -0.1) is 0 Å². The van der Waals surface area contributed by atoms with Gasteiger partial charge in [-0.05, 0) is 20.8 Å². The normalized spacial score (nSPS) is 9.00. The predicted molar refractivity (Wildman–Crippen MR) is 57.2 cm³/mol. The number of hydrogen-bond acceptors (Lipinski definition) is 3. The van der Waals surface area contributed by atoms with E-state index in [4.69, 9.17) is 4.74 Å². The Morgan fingerprint density at radius 3 is 2.53 bits per heavy atom. The molecule has 0 spiro atoms. The number of nitrogens with one attached hydrogen (secondary N) is 2. The standard InChI is InChI=1S/C10H18N2O3/c1-4-15-9(13)5-6-11-10(14)12-7-8(2)3/h7H,4-6H2,1-3H3,(H2,11,12,14). The maximum absolute atomic E-state index is 11.1. The van der Waals surface area contributed by atoms with Crippen LogP contribution in [0.25, 0.3) is 0 Å². The van der Waals surface area contributed by atoms with Crippen molar-refractivity contribution in [3.05, 3.63) is 11.8 Å². The number of ether oxygens (including phenoxy) is 1. The summed E-state index contributed by atoms with van der Waals surface area (Å²) in [7, 11) is 0. The molecule has 0 unspecified atom stereocenters. The van der Waals surface area contributed by atoms with E-state index in [0.29, 0.717) is 6.61 Å². The average Bonchev–Trinajstić information content (AvgIpc) is 2.15. The smallest absolute Gasteiger partial charge is 0.318 e. The van der Waals surface area contributed by atoms with Crippen molar-refractivity contribution < 1.29 is 14.3 Å². The van der Waals surface area contributed by atoms with Gasteiger partial charge in [0.25, 0.3) is 0 Å². The highest BCUT2D eigenvalue weighted by Gasteiger charge is 2.02. The van der Waals surface area contributed by atoms with E-state index in [1.807, 2.05) is 13.8 Å². The molecule has 0 rings (SSSR count). The maximum atomic E-state index is 11.1. The lowest BCUT2D eigenvalue weighted by Gasteiger charge is -2.04. The van der Waals surface area contributed by atoms with Crippen LogP contribution in [0.3, 0.4) is 0 Å². The van der Waals surface area contributed by atoms with E-state index in [0.717, 1.165) is 5.57 Å². The van der Waals surface area contributed by atoms with Gasteiger partial charge < -0.3 is 15.4 Å². The molecular formula is C10H18N2O3. The third kappa shape index (κ3) is 8.80. The summed E-state index contributed by atoms with van der Waals surface area (Å²) in [6.45, 7) is 6.13. The van der Waals surface area contributed by atoms with Crippen LogP contribution in [0.5, 0.6) is 0 Å². The lowest BCUT2D eigenvalue weighted by atomic mass is 10.4. The molecule has 0 bridgehead atoms. The van der Waals surface area contributed by atoms with Gasteiger partial charge in [0.1, 0.15) is 0 Å². The molecule has 0 aliphatic rings. The second kappa shape index (κ2) is 7.84. The Kier molecular flexibility index (Phi) is 7.05. The zero-order valence-corrected chi connectivity index (χ0v) is 9.42. The molecule has 0 aliphatic carbocycles. The molecule has 86 valence electrons. The number of amides is 2. The molecular weight excluding hydrogens is 196 g/mol. The third-order valence-corrected chi connectivity index (χ3v) is 1.41. The van der Waals surface area contributed by atoms with Crippen molar-refractivity contribution in [1.82, 2.24) is 10.6 Å². The summed E-state index contributed by atoms with van der Waals surface area (Å²) in [6.07, 6.45) is 1.79. The first-order valence-corrected chi connectivity index (χ1v) is 4.89. The Bertz CT molecular complexity index is 245. The molecule has 2 amide bonds. The molecule has 0 radical (unpaired) electrons. The fourth-order valence-corrected chi connectivity index (χ4v) is 0.772. The lowest BCUT2D eigenvalue weighted by molar-refractivity contribution is -0.142. The van der Waals surface area contributed by atoms with Crippen molar-refractivity contribution in [2.24, 2.45) is 0 Å². The van der Waals surface area contributed by atoms with Crippen LogP contribution in [0.1, 0.15) is 27.2 Å². The van der Waals surface area contributed by atoms with E-state index in [2.05, 4.69) is 10.6 Å². The van der Waals surface area contributed by atoms with Gasteiger partial charge in [-0.25, -0.2) is 4.79 Å². The lowest BCUT2D eigenvalue weighted by Crippen LogP contribution is -2.33. The molecule has 0 aliphatic heterocycles. The van der Waals surface area contributed by atoms with Crippen molar-refractivity contribution >= 4 is 12.0 Å². The number of carbonyl (C=O) groups excluding carboxylic acids is 2. The van der Waals surface area contributed by atoms with E-state index < -0.39 is 0 Å². The van der Waals surface area contributed by atoms with Gasteiger partial charge in [-0.1, -0.05) is 5.57 Å². The van der Waals surface area contributed by atoms with Crippen LogP contribution in [0.15, 0.2) is 11.8 Å². The summed E-state index contributed by atoms with van der Waals surface area (Å²) in [6, 6.07) is -0.319. The molecule has 5 heteroatoms. The number of urea groups is 1. The first-order chi connectivity index (χ1) is 7.06. The largest absolute Gasteiger partial charge is 0.466 e. The summed E-state index contributed by atoms with van der Waals surface area (Å²) >= 11 is 0. The molecule has 5 nitrogen and oxygen atoms in total. The number of allylic oxidation sites excluding steroid dienone is 1. The van der Waals surface area contributed by atoms with Crippen LogP contribution >= 0.6 is 0 Å². The third-order valence-electron chi connectivity index (χ3n) is 1.41. The number of hydrogen-bond donors (Lipinski definition) is 2. The van der Waals surface area contributed by atoms with Crippen LogP contribution in [0.4, 0.5) is 4.79 Å². The predicted octanol–water partition coefficient (Wildman–Crippen LogP) is 1.16. The Labute approximate surface area is 89.9 Å². The summed E-state index contributed by atoms with van der Waals surface area (Å²) in [5.74, 6) is -0.306. The number of rotatable bonds is 5. The van der Waals surface area contributed by atoms with Crippen molar-refractivity contribution in [3.63, 3.8) is 0 Å². The van der Waals surface area contributed by atoms with Gasteiger partial charge in [0.15, 0.2) is 0 Å². The van der Waals surface area contributed by atoms with Crippen LogP contribution < -0.4 is 10.6 Å². The van der Waals surface area contributed by atoms with Gasteiger partial charge in [0.05, 0.1) is 13.0 Å². The first kappa shape index (κ1) is 13.5. The Balaban J connectivity index is 3.55. The van der Waals surface area contributed by atoms with E-state index in [1.54, 1.807) is 13.1 Å². The molecule has 0 aromatic rings. The van der Waals surface area contributed by atoms with Crippen molar-refractivity contribution in [1.29, 1.82) is 0 Å². The van der Waals surface area contributed by atoms with Gasteiger partial charge >= 0.3 is 12.0 Å². The first-order valence-electron chi connectivity index (χ1n) is 4.89. The second-order valence-corrected chi connectivity index (χ2v) is 3.18. The topological polar surface area (TPSA) is 67.4 Å². The Hall–Kier alpha value is -1.52. The maximum Gasteiger partial charge on any atom is 0.318 e. The van der Waals surface area contributed by atoms with Crippen molar-refractivity contribution in [3.8, 4) is 0 Å². The van der Waals surface area contributed by atoms with E-state index in [9.17, 15) is 9.59 Å².